The van der Waals surface area contributed by atoms with Crippen molar-refractivity contribution in [3.8, 4) is 0 Å². The number of hydrogen-bond donors (Lipinski definition) is 1. The van der Waals surface area contributed by atoms with Crippen molar-refractivity contribution in [1.82, 2.24) is 20.0 Å². The normalized spacial score (nSPS) is 11.4. The first kappa shape index (κ1) is 17.9. The van der Waals surface area contributed by atoms with E-state index < -0.39 is 0 Å². The second-order valence-corrected chi connectivity index (χ2v) is 6.88. The van der Waals surface area contributed by atoms with Gasteiger partial charge in [-0.05, 0) is 26.3 Å². The lowest BCUT2D eigenvalue weighted by Crippen LogP contribution is -2.04. The first-order valence-corrected chi connectivity index (χ1v) is 9.21. The molecule has 0 saturated carbocycles. The molecule has 0 radical (unpaired) electrons. The van der Waals surface area contributed by atoms with Gasteiger partial charge in [0.1, 0.15) is 0 Å². The lowest BCUT2D eigenvalue weighted by Gasteiger charge is -2.05. The van der Waals surface area contributed by atoms with E-state index in [1.165, 1.54) is 11.1 Å². The second-order valence-electron chi connectivity index (χ2n) is 6.88. The van der Waals surface area contributed by atoms with Gasteiger partial charge in [0.05, 0.1) is 24.7 Å². The molecule has 2 heterocycles. The largest absolute Gasteiger partial charge is 0.265 e. The highest BCUT2D eigenvalue weighted by molar-refractivity contribution is 5.91. The van der Waals surface area contributed by atoms with Crippen LogP contribution in [0.2, 0.25) is 0 Å². The summed E-state index contributed by atoms with van der Waals surface area (Å²) in [5.74, 6) is 0.636. The van der Waals surface area contributed by atoms with Gasteiger partial charge >= 0.3 is 0 Å². The molecule has 0 bridgehead atoms. The Morgan fingerprint density at radius 3 is 2.64 bits per heavy atom. The summed E-state index contributed by atoms with van der Waals surface area (Å²) in [4.78, 5) is 0. The quantitative estimate of drug-likeness (QED) is 0.421. The summed E-state index contributed by atoms with van der Waals surface area (Å²) in [5, 5.41) is 19.2. The molecule has 6 nitrogen and oxygen atoms in total. The summed E-state index contributed by atoms with van der Waals surface area (Å²) in [5.41, 5.74) is 8.52. The Labute approximate surface area is 163 Å². The van der Waals surface area contributed by atoms with Gasteiger partial charge < -0.3 is 0 Å². The van der Waals surface area contributed by atoms with Gasteiger partial charge in [-0.15, -0.1) is 5.10 Å². The first-order valence-electron chi connectivity index (χ1n) is 9.21. The molecule has 4 aromatic rings. The van der Waals surface area contributed by atoms with Crippen LogP contribution in [0.1, 0.15) is 28.1 Å². The molecule has 0 saturated heterocycles. The van der Waals surface area contributed by atoms with Crippen LogP contribution < -0.4 is 5.43 Å². The zero-order valence-electron chi connectivity index (χ0n) is 16.2. The number of hydrazone groups is 1. The van der Waals surface area contributed by atoms with Crippen LogP contribution in [0.25, 0.3) is 10.8 Å². The van der Waals surface area contributed by atoms with Crippen molar-refractivity contribution in [3.05, 3.63) is 82.8 Å². The number of nitrogens with one attached hydrogen (secondary N) is 1. The molecule has 0 spiro atoms. The smallest absolute Gasteiger partial charge is 0.176 e. The molecule has 6 heteroatoms. The number of benzene rings is 2. The molecule has 0 atom stereocenters. The van der Waals surface area contributed by atoms with Crippen LogP contribution in [0.15, 0.2) is 59.8 Å². The molecule has 140 valence electrons. The SMILES string of the molecule is Cc1ccc(Cn2nc(C)c(/C=N/Nc3nncc4ccccc34)c2C)cc1. The van der Waals surface area contributed by atoms with Crippen LogP contribution in [-0.4, -0.2) is 26.2 Å². The molecule has 2 aromatic heterocycles. The molecule has 0 amide bonds. The third kappa shape index (κ3) is 3.62. The number of aromatic nitrogens is 4. The van der Waals surface area contributed by atoms with Gasteiger partial charge in [0.25, 0.3) is 0 Å². The minimum Gasteiger partial charge on any atom is -0.265 e. The Kier molecular flexibility index (Phi) is 4.85. The summed E-state index contributed by atoms with van der Waals surface area (Å²) >= 11 is 0. The standard InChI is InChI=1S/C22H22N6/c1-15-8-10-18(11-9-15)14-28-17(3)21(16(2)27-28)13-24-26-22-20-7-5-4-6-19(20)12-23-25-22/h4-13H,14H2,1-3H3,(H,25,26)/b24-13+. The summed E-state index contributed by atoms with van der Waals surface area (Å²) in [6, 6.07) is 16.5. The summed E-state index contributed by atoms with van der Waals surface area (Å²) in [6.07, 6.45) is 3.54. The Balaban J connectivity index is 1.54. The molecule has 4 rings (SSSR count). The van der Waals surface area contributed by atoms with E-state index in [2.05, 4.69) is 63.9 Å². The number of rotatable bonds is 5. The summed E-state index contributed by atoms with van der Waals surface area (Å²) in [7, 11) is 0. The Bertz CT molecular complexity index is 1140. The van der Waals surface area contributed by atoms with Gasteiger partial charge in [-0.2, -0.15) is 15.3 Å². The van der Waals surface area contributed by atoms with Crippen LogP contribution in [0.5, 0.6) is 0 Å². The van der Waals surface area contributed by atoms with Crippen LogP contribution in [0.4, 0.5) is 5.82 Å². The second kappa shape index (κ2) is 7.60. The van der Waals surface area contributed by atoms with Gasteiger partial charge in [0.2, 0.25) is 0 Å². The van der Waals surface area contributed by atoms with Crippen molar-refractivity contribution in [1.29, 1.82) is 0 Å². The van der Waals surface area contributed by atoms with Crippen LogP contribution in [0.3, 0.4) is 0 Å². The van der Waals surface area contributed by atoms with Crippen molar-refractivity contribution in [3.63, 3.8) is 0 Å². The lowest BCUT2D eigenvalue weighted by atomic mass is 10.1. The fourth-order valence-corrected chi connectivity index (χ4v) is 3.19. The average molecular weight is 370 g/mol. The maximum absolute atomic E-state index is 4.67. The molecule has 0 fully saturated rings. The highest BCUT2D eigenvalue weighted by atomic mass is 15.3. The zero-order chi connectivity index (χ0) is 19.5. The highest BCUT2D eigenvalue weighted by Crippen LogP contribution is 2.19. The van der Waals surface area contributed by atoms with E-state index in [-0.39, 0.29) is 0 Å². The molecule has 0 aliphatic rings. The van der Waals surface area contributed by atoms with Gasteiger partial charge in [-0.1, -0.05) is 54.1 Å². The Hall–Kier alpha value is -3.54. The Morgan fingerprint density at radius 2 is 1.82 bits per heavy atom. The molecule has 0 aliphatic heterocycles. The number of aryl methyl sites for hydroxylation is 2. The Morgan fingerprint density at radius 1 is 1.04 bits per heavy atom. The van der Waals surface area contributed by atoms with Crippen LogP contribution in [0, 0.1) is 20.8 Å². The minimum atomic E-state index is 0.636. The van der Waals surface area contributed by atoms with Crippen LogP contribution in [-0.2, 0) is 6.54 Å². The van der Waals surface area contributed by atoms with Gasteiger partial charge in [0.15, 0.2) is 5.82 Å². The van der Waals surface area contributed by atoms with Crippen molar-refractivity contribution in [2.45, 2.75) is 27.3 Å². The van der Waals surface area contributed by atoms with Crippen molar-refractivity contribution in [2.24, 2.45) is 5.10 Å². The van der Waals surface area contributed by atoms with Gasteiger partial charge in [-0.25, -0.2) is 0 Å². The maximum atomic E-state index is 4.67. The number of hydrogen-bond acceptors (Lipinski definition) is 5. The van der Waals surface area contributed by atoms with Crippen molar-refractivity contribution >= 4 is 22.8 Å². The average Bonchev–Trinajstić information content (AvgIpc) is 2.97. The van der Waals surface area contributed by atoms with Gasteiger partial charge in [-0.3, -0.25) is 10.1 Å². The maximum Gasteiger partial charge on any atom is 0.176 e. The topological polar surface area (TPSA) is 68.0 Å². The third-order valence-corrected chi connectivity index (χ3v) is 4.82. The number of nitrogens with zero attached hydrogens (tertiary/aromatic N) is 5. The summed E-state index contributed by atoms with van der Waals surface area (Å²) in [6.45, 7) is 6.89. The fraction of sp³-hybridized carbons (Fsp3) is 0.182. The molecule has 0 aliphatic carbocycles. The first-order chi connectivity index (χ1) is 13.6. The van der Waals surface area contributed by atoms with E-state index in [1.807, 2.05) is 35.9 Å². The molecular formula is C22H22N6. The molecule has 2 aromatic carbocycles. The zero-order valence-corrected chi connectivity index (χ0v) is 16.2. The number of anilines is 1. The van der Waals surface area contributed by atoms with E-state index in [0.29, 0.717) is 5.82 Å². The summed E-state index contributed by atoms with van der Waals surface area (Å²) < 4.78 is 2.01. The van der Waals surface area contributed by atoms with Gasteiger partial charge in [0, 0.05) is 22.0 Å². The highest BCUT2D eigenvalue weighted by Gasteiger charge is 2.10. The molecule has 28 heavy (non-hydrogen) atoms. The number of fused-ring (bicyclic) bond motifs is 1. The van der Waals surface area contributed by atoms with E-state index in [0.717, 1.165) is 34.3 Å². The fourth-order valence-electron chi connectivity index (χ4n) is 3.19. The predicted octanol–water partition coefficient (Wildman–Crippen LogP) is 4.25. The van der Waals surface area contributed by atoms with E-state index in [4.69, 9.17) is 0 Å². The van der Waals surface area contributed by atoms with E-state index >= 15 is 0 Å². The van der Waals surface area contributed by atoms with Crippen molar-refractivity contribution in [2.75, 3.05) is 5.43 Å². The van der Waals surface area contributed by atoms with E-state index in [9.17, 15) is 0 Å². The molecule has 1 N–H and O–H groups in total. The molecular weight excluding hydrogens is 348 g/mol. The van der Waals surface area contributed by atoms with E-state index in [1.54, 1.807) is 12.4 Å². The predicted molar refractivity (Wildman–Crippen MR) is 113 cm³/mol. The third-order valence-electron chi connectivity index (χ3n) is 4.82. The lowest BCUT2D eigenvalue weighted by molar-refractivity contribution is 0.659. The van der Waals surface area contributed by atoms with Crippen LogP contribution >= 0.6 is 0 Å². The van der Waals surface area contributed by atoms with Crippen molar-refractivity contribution < 1.29 is 0 Å². The monoisotopic (exact) mass is 370 g/mol. The minimum absolute atomic E-state index is 0.636. The molecule has 0 unspecified atom stereocenters.